The third-order valence-electron chi connectivity index (χ3n) is 0. The van der Waals surface area contributed by atoms with Crippen molar-refractivity contribution in [3.05, 3.63) is 0 Å². The Hall–Kier alpha value is 1.02. The van der Waals surface area contributed by atoms with Crippen LogP contribution in [0.1, 0.15) is 0 Å². The van der Waals surface area contributed by atoms with Crippen LogP contribution >= 0.6 is 19.8 Å². The van der Waals surface area contributed by atoms with Crippen LogP contribution in [-0.2, 0) is 63.7 Å². The Morgan fingerprint density at radius 3 is 0.412 bits per heavy atom. The Morgan fingerprint density at radius 2 is 0.412 bits per heavy atom. The van der Waals surface area contributed by atoms with Crippen molar-refractivity contribution in [1.82, 2.24) is 0 Å². The molecule has 0 atom stereocenters. The fourth-order valence-electron chi connectivity index (χ4n) is 0. The molecule has 0 aliphatic heterocycles. The first kappa shape index (κ1) is 30.8. The molecule has 17 heteroatoms. The van der Waals surface area contributed by atoms with Gasteiger partial charge < -0.3 is 0 Å². The van der Waals surface area contributed by atoms with Crippen molar-refractivity contribution in [2.24, 2.45) is 0 Å². The topological polar surface area (TPSA) is 241 Å². The standard InChI is InChI=1S/3Cr.12O.2P/q;;;;;;;;;6*-1;2*+3. The van der Waals surface area contributed by atoms with Crippen molar-refractivity contribution < 1.29 is 88.6 Å². The molecule has 0 bridgehead atoms. The summed E-state index contributed by atoms with van der Waals surface area (Å²) in [5.41, 5.74) is 0. The van der Waals surface area contributed by atoms with Gasteiger partial charge in [-0.15, -0.1) is 0 Å². The maximum Gasteiger partial charge on any atom is 3.00 e. The number of hydrogen-bond acceptors (Lipinski definition) is 12. The second kappa shape index (κ2) is 12.1. The Labute approximate surface area is 108 Å². The van der Waals surface area contributed by atoms with Crippen LogP contribution in [0.25, 0.3) is 0 Å². The smallest absolute Gasteiger partial charge is 3.00 e. The third kappa shape index (κ3) is 3710. The zero-order chi connectivity index (χ0) is 13.5. The van der Waals surface area contributed by atoms with Crippen molar-refractivity contribution in [1.29, 1.82) is 0 Å². The molecule has 0 amide bonds. The summed E-state index contributed by atoms with van der Waals surface area (Å²) in [5.74, 6) is 0. The third-order valence-corrected chi connectivity index (χ3v) is 0. The molecular formula is Cr3O12P2. The second-order valence-electron chi connectivity index (χ2n) is 1.22. The first-order valence-electron chi connectivity index (χ1n) is 2.00. The van der Waals surface area contributed by atoms with E-state index in [0.717, 1.165) is 0 Å². The Balaban J connectivity index is -0.0000000400. The summed E-state index contributed by atoms with van der Waals surface area (Å²) in [6, 6.07) is 0. The average Bonchev–Trinajstić information content (AvgIpc) is 1.41. The van der Waals surface area contributed by atoms with E-state index in [1.165, 1.54) is 0 Å². The van der Waals surface area contributed by atoms with Gasteiger partial charge in [-0.05, 0) is 0 Å². The minimum Gasteiger partial charge on any atom is 3.00 e. The summed E-state index contributed by atoms with van der Waals surface area (Å²) >= 11 is -17.2. The summed E-state index contributed by atoms with van der Waals surface area (Å²) in [5, 5.41) is 0. The van der Waals surface area contributed by atoms with Crippen LogP contribution < -0.4 is 24.9 Å². The van der Waals surface area contributed by atoms with E-state index in [1.54, 1.807) is 0 Å². The van der Waals surface area contributed by atoms with Gasteiger partial charge in [0.1, 0.15) is 0 Å². The Morgan fingerprint density at radius 1 is 0.412 bits per heavy atom. The summed E-state index contributed by atoms with van der Waals surface area (Å²) in [6.07, 6.45) is 0. The normalized spacial score (nSPS) is 10.2. The van der Waals surface area contributed by atoms with E-state index in [4.69, 9.17) is 47.8 Å². The minimum atomic E-state index is -5.75. The van der Waals surface area contributed by atoms with Crippen LogP contribution in [0.15, 0.2) is 0 Å². The van der Waals surface area contributed by atoms with Gasteiger partial charge in [-0.1, -0.05) is 0 Å². The largest absolute Gasteiger partial charge is 3.00 e. The van der Waals surface area contributed by atoms with E-state index in [1.807, 2.05) is 0 Å². The van der Waals surface area contributed by atoms with Crippen LogP contribution in [0.3, 0.4) is 0 Å². The SMILES string of the molecule is [O]=[Cr](=[O])([O-])[O-].[O]=[Cr](=[O])([O-])[O-].[O]=[Cr](=[O])([O-])[O-].[P+3].[P+3]. The Kier molecular flexibility index (Phi) is 21.9. The van der Waals surface area contributed by atoms with Crippen LogP contribution in [0.5, 0.6) is 0 Å². The predicted octanol–water partition coefficient (Wildman–Crippen LogP) is -6.13. The minimum absolute atomic E-state index is 0. The molecule has 0 aromatic rings. The van der Waals surface area contributed by atoms with Crippen molar-refractivity contribution in [3.63, 3.8) is 0 Å². The van der Waals surface area contributed by atoms with E-state index in [0.29, 0.717) is 0 Å². The van der Waals surface area contributed by atoms with Gasteiger partial charge in [0.2, 0.25) is 0 Å². The van der Waals surface area contributed by atoms with Crippen LogP contribution in [-0.4, -0.2) is 0 Å². The molecule has 0 unspecified atom stereocenters. The molecule has 0 spiro atoms. The molecule has 17 heavy (non-hydrogen) atoms. The van der Waals surface area contributed by atoms with Crippen molar-refractivity contribution in [2.45, 2.75) is 0 Å². The molecule has 0 N–H and O–H groups in total. The maximum absolute atomic E-state index is 8.59. The predicted molar refractivity (Wildman–Crippen MR) is 18.0 cm³/mol. The van der Waals surface area contributed by atoms with E-state index in [2.05, 4.69) is 0 Å². The van der Waals surface area contributed by atoms with Gasteiger partial charge in [-0.25, -0.2) is 0 Å². The molecule has 12 nitrogen and oxygen atoms in total. The molecule has 0 fully saturated rings. The molecule has 0 heterocycles. The second-order valence-corrected chi connectivity index (χ2v) is 5.05. The zero-order valence-electron chi connectivity index (χ0n) is 7.02. The molecule has 0 saturated carbocycles. The van der Waals surface area contributed by atoms with E-state index in [9.17, 15) is 0 Å². The number of rotatable bonds is 0. The average molecular weight is 410 g/mol. The summed E-state index contributed by atoms with van der Waals surface area (Å²) < 4.78 is 103. The van der Waals surface area contributed by atoms with Crippen LogP contribution in [0, 0.1) is 0 Å². The van der Waals surface area contributed by atoms with Gasteiger partial charge in [0.25, 0.3) is 0 Å². The fourth-order valence-corrected chi connectivity index (χ4v) is 0. The quantitative estimate of drug-likeness (QED) is 0.339. The van der Waals surface area contributed by atoms with E-state index in [-0.39, 0.29) is 19.8 Å². The van der Waals surface area contributed by atoms with Crippen LogP contribution in [0.4, 0.5) is 0 Å². The molecule has 0 aliphatic rings. The summed E-state index contributed by atoms with van der Waals surface area (Å²) in [4.78, 5) is 0. The molecule has 100 valence electrons. The van der Waals surface area contributed by atoms with Gasteiger partial charge in [-0.3, -0.25) is 0 Å². The molecule has 0 rings (SSSR count). The fraction of sp³-hybridized carbons (Fsp3) is 0. The monoisotopic (exact) mass is 410 g/mol. The molecule has 0 aromatic carbocycles. The van der Waals surface area contributed by atoms with Crippen molar-refractivity contribution >= 4 is 19.8 Å². The number of hydrogen-bond donors (Lipinski definition) is 0. The molecule has 0 aliphatic carbocycles. The molecular weight excluding hydrogens is 410 g/mol. The first-order chi connectivity index (χ1) is 6.00. The molecule has 0 aromatic heterocycles. The van der Waals surface area contributed by atoms with Crippen molar-refractivity contribution in [2.75, 3.05) is 0 Å². The summed E-state index contributed by atoms with van der Waals surface area (Å²) in [6.45, 7) is 0. The van der Waals surface area contributed by atoms with Gasteiger partial charge in [0.05, 0.1) is 0 Å². The van der Waals surface area contributed by atoms with Gasteiger partial charge in [-0.2, -0.15) is 0 Å². The Bertz CT molecular complexity index is 341. The van der Waals surface area contributed by atoms with E-state index >= 15 is 0 Å². The van der Waals surface area contributed by atoms with Gasteiger partial charge >= 0.3 is 108 Å². The summed E-state index contributed by atoms with van der Waals surface area (Å²) in [7, 11) is 0. The maximum atomic E-state index is 8.59. The zero-order valence-corrected chi connectivity index (χ0v) is 12.6. The molecule has 0 saturated heterocycles. The van der Waals surface area contributed by atoms with Gasteiger partial charge in [0, 0.05) is 0 Å². The van der Waals surface area contributed by atoms with Crippen LogP contribution in [0.2, 0.25) is 0 Å². The first-order valence-corrected chi connectivity index (χ1v) is 8.25. The van der Waals surface area contributed by atoms with E-state index < -0.39 is 40.8 Å². The van der Waals surface area contributed by atoms with Crippen molar-refractivity contribution in [3.8, 4) is 0 Å². The molecule has 4 radical (unpaired) electrons. The van der Waals surface area contributed by atoms with Gasteiger partial charge in [0.15, 0.2) is 0 Å².